The Hall–Kier alpha value is -1.88. The SMILES string of the molecule is CC(=O)O[C@H]1C=CC(=O)O[C@H]1[C@@H]1[C@H](C)[C@H]2C=CC=C[C@H]1O2. The fourth-order valence-corrected chi connectivity index (χ4v) is 3.26. The molecule has 0 spiro atoms. The molecule has 1 saturated heterocycles. The zero-order chi connectivity index (χ0) is 15.0. The zero-order valence-electron chi connectivity index (χ0n) is 12.0. The number of hydrogen-bond acceptors (Lipinski definition) is 5. The van der Waals surface area contributed by atoms with Crippen molar-refractivity contribution in [2.45, 2.75) is 38.3 Å². The topological polar surface area (TPSA) is 61.8 Å². The van der Waals surface area contributed by atoms with E-state index in [9.17, 15) is 9.59 Å². The average Bonchev–Trinajstić information content (AvgIpc) is 2.61. The lowest BCUT2D eigenvalue weighted by Crippen LogP contribution is -2.46. The van der Waals surface area contributed by atoms with Crippen molar-refractivity contribution in [1.82, 2.24) is 0 Å². The van der Waals surface area contributed by atoms with E-state index in [-0.39, 0.29) is 24.0 Å². The van der Waals surface area contributed by atoms with Gasteiger partial charge in [-0.05, 0) is 12.0 Å². The third kappa shape index (κ3) is 2.65. The van der Waals surface area contributed by atoms with Gasteiger partial charge in [-0.15, -0.1) is 0 Å². The fraction of sp³-hybridized carbons (Fsp3) is 0.500. The smallest absolute Gasteiger partial charge is 0.330 e. The van der Waals surface area contributed by atoms with Crippen molar-refractivity contribution < 1.29 is 23.8 Å². The molecule has 0 radical (unpaired) electrons. The highest BCUT2D eigenvalue weighted by atomic mass is 16.6. The molecule has 3 aliphatic heterocycles. The van der Waals surface area contributed by atoms with E-state index < -0.39 is 24.1 Å². The molecule has 0 aromatic heterocycles. The van der Waals surface area contributed by atoms with Crippen LogP contribution in [0.4, 0.5) is 0 Å². The number of hydrogen-bond donors (Lipinski definition) is 0. The molecule has 21 heavy (non-hydrogen) atoms. The van der Waals surface area contributed by atoms with Crippen LogP contribution < -0.4 is 0 Å². The highest BCUT2D eigenvalue weighted by molar-refractivity contribution is 5.83. The molecule has 5 heteroatoms. The predicted octanol–water partition coefficient (Wildman–Crippen LogP) is 1.55. The van der Waals surface area contributed by atoms with Gasteiger partial charge in [0.25, 0.3) is 0 Å². The van der Waals surface area contributed by atoms with Crippen molar-refractivity contribution in [3.63, 3.8) is 0 Å². The van der Waals surface area contributed by atoms with Crippen LogP contribution in [0.15, 0.2) is 36.5 Å². The quantitative estimate of drug-likeness (QED) is 0.722. The molecule has 2 bridgehead atoms. The van der Waals surface area contributed by atoms with E-state index in [0.717, 1.165) is 0 Å². The van der Waals surface area contributed by atoms with Crippen LogP contribution in [0.1, 0.15) is 13.8 Å². The molecule has 0 aliphatic carbocycles. The van der Waals surface area contributed by atoms with Gasteiger partial charge < -0.3 is 14.2 Å². The van der Waals surface area contributed by atoms with Crippen molar-refractivity contribution in [2.75, 3.05) is 0 Å². The molecule has 0 amide bonds. The van der Waals surface area contributed by atoms with Crippen LogP contribution in [0.3, 0.4) is 0 Å². The average molecular weight is 290 g/mol. The largest absolute Gasteiger partial charge is 0.454 e. The second-order valence-electron chi connectivity index (χ2n) is 5.61. The highest BCUT2D eigenvalue weighted by Gasteiger charge is 2.49. The van der Waals surface area contributed by atoms with E-state index in [4.69, 9.17) is 14.2 Å². The van der Waals surface area contributed by atoms with Gasteiger partial charge in [0.1, 0.15) is 6.10 Å². The summed E-state index contributed by atoms with van der Waals surface area (Å²) in [6.45, 7) is 3.41. The lowest BCUT2D eigenvalue weighted by molar-refractivity contribution is -0.168. The molecule has 0 aromatic carbocycles. The molecule has 112 valence electrons. The minimum Gasteiger partial charge on any atom is -0.454 e. The normalized spacial score (nSPS) is 40.8. The van der Waals surface area contributed by atoms with Gasteiger partial charge in [0, 0.05) is 18.9 Å². The van der Waals surface area contributed by atoms with E-state index in [1.54, 1.807) is 6.08 Å². The van der Waals surface area contributed by atoms with Crippen molar-refractivity contribution in [2.24, 2.45) is 11.8 Å². The van der Waals surface area contributed by atoms with Gasteiger partial charge in [0.15, 0.2) is 6.10 Å². The number of esters is 2. The molecular weight excluding hydrogens is 272 g/mol. The summed E-state index contributed by atoms with van der Waals surface area (Å²) in [5.74, 6) is -0.683. The Kier molecular flexibility index (Phi) is 3.68. The van der Waals surface area contributed by atoms with E-state index in [1.165, 1.54) is 13.0 Å². The number of carbonyl (C=O) groups excluding carboxylic acids is 2. The Balaban J connectivity index is 1.88. The maximum absolute atomic E-state index is 11.6. The second kappa shape index (κ2) is 5.48. The first kappa shape index (κ1) is 14.1. The Morgan fingerprint density at radius 3 is 2.62 bits per heavy atom. The van der Waals surface area contributed by atoms with Crippen LogP contribution in [0.25, 0.3) is 0 Å². The lowest BCUT2D eigenvalue weighted by Gasteiger charge is -2.34. The van der Waals surface area contributed by atoms with Crippen LogP contribution in [0.5, 0.6) is 0 Å². The standard InChI is InChI=1S/C16H18O5/c1-9-11-5-3-4-6-12(20-11)15(9)16-13(19-10(2)17)7-8-14(18)21-16/h3-9,11-13,15-16H,1-2H3/t9-,11-,12-,13+,15-,16-/m1/s1. The summed E-state index contributed by atoms with van der Waals surface area (Å²) >= 11 is 0. The Labute approximate surface area is 123 Å². The molecular formula is C16H18O5. The van der Waals surface area contributed by atoms with Gasteiger partial charge in [0.05, 0.1) is 12.2 Å². The first-order chi connectivity index (χ1) is 10.1. The monoisotopic (exact) mass is 290 g/mol. The molecule has 0 N–H and O–H groups in total. The Morgan fingerprint density at radius 1 is 1.19 bits per heavy atom. The molecule has 6 atom stereocenters. The van der Waals surface area contributed by atoms with Crippen molar-refractivity contribution >= 4 is 11.9 Å². The summed E-state index contributed by atoms with van der Waals surface area (Å²) in [7, 11) is 0. The number of carbonyl (C=O) groups is 2. The van der Waals surface area contributed by atoms with Crippen LogP contribution in [-0.2, 0) is 23.8 Å². The van der Waals surface area contributed by atoms with E-state index in [1.807, 2.05) is 24.3 Å². The minimum absolute atomic E-state index is 0.0161. The summed E-state index contributed by atoms with van der Waals surface area (Å²) in [4.78, 5) is 22.9. The third-order valence-corrected chi connectivity index (χ3v) is 4.21. The second-order valence-corrected chi connectivity index (χ2v) is 5.61. The molecule has 3 aliphatic rings. The maximum atomic E-state index is 11.6. The van der Waals surface area contributed by atoms with E-state index in [0.29, 0.717) is 0 Å². The van der Waals surface area contributed by atoms with Crippen LogP contribution >= 0.6 is 0 Å². The number of fused-ring (bicyclic) bond motifs is 2. The van der Waals surface area contributed by atoms with Crippen molar-refractivity contribution in [1.29, 1.82) is 0 Å². The number of rotatable bonds is 2. The number of allylic oxidation sites excluding steroid dienone is 2. The highest BCUT2D eigenvalue weighted by Crippen LogP contribution is 2.40. The molecule has 0 unspecified atom stereocenters. The van der Waals surface area contributed by atoms with E-state index >= 15 is 0 Å². The molecule has 0 aromatic rings. The predicted molar refractivity (Wildman–Crippen MR) is 74.2 cm³/mol. The Morgan fingerprint density at radius 2 is 1.90 bits per heavy atom. The summed E-state index contributed by atoms with van der Waals surface area (Å²) < 4.78 is 16.7. The molecule has 3 heterocycles. The molecule has 0 saturated carbocycles. The molecule has 1 fully saturated rings. The first-order valence-electron chi connectivity index (χ1n) is 7.13. The van der Waals surface area contributed by atoms with Gasteiger partial charge in [-0.3, -0.25) is 4.79 Å². The van der Waals surface area contributed by atoms with Gasteiger partial charge >= 0.3 is 11.9 Å². The summed E-state index contributed by atoms with van der Waals surface area (Å²) in [5, 5.41) is 0. The first-order valence-corrected chi connectivity index (χ1v) is 7.13. The number of cyclic esters (lactones) is 1. The van der Waals surface area contributed by atoms with Crippen LogP contribution in [0.2, 0.25) is 0 Å². The van der Waals surface area contributed by atoms with Gasteiger partial charge in [-0.25, -0.2) is 4.79 Å². The van der Waals surface area contributed by atoms with Gasteiger partial charge in [-0.2, -0.15) is 0 Å². The lowest BCUT2D eigenvalue weighted by atomic mass is 9.80. The maximum Gasteiger partial charge on any atom is 0.330 e. The van der Waals surface area contributed by atoms with Crippen molar-refractivity contribution in [3.8, 4) is 0 Å². The fourth-order valence-electron chi connectivity index (χ4n) is 3.26. The zero-order valence-corrected chi connectivity index (χ0v) is 12.0. The third-order valence-electron chi connectivity index (χ3n) is 4.21. The Bertz CT molecular complexity index is 533. The van der Waals surface area contributed by atoms with Gasteiger partial charge in [0.2, 0.25) is 0 Å². The summed E-state index contributed by atoms with van der Waals surface area (Å²) in [5.41, 5.74) is 0. The van der Waals surface area contributed by atoms with Crippen molar-refractivity contribution in [3.05, 3.63) is 36.5 Å². The van der Waals surface area contributed by atoms with Crippen LogP contribution in [-0.4, -0.2) is 36.4 Å². The van der Waals surface area contributed by atoms with Crippen LogP contribution in [0, 0.1) is 11.8 Å². The van der Waals surface area contributed by atoms with Gasteiger partial charge in [-0.1, -0.05) is 31.2 Å². The summed E-state index contributed by atoms with van der Waals surface area (Å²) in [6.07, 6.45) is 9.52. The number of ether oxygens (including phenoxy) is 3. The minimum atomic E-state index is -0.561. The summed E-state index contributed by atoms with van der Waals surface area (Å²) in [6, 6.07) is 0. The molecule has 5 nitrogen and oxygen atoms in total. The molecule has 3 rings (SSSR count). The van der Waals surface area contributed by atoms with E-state index in [2.05, 4.69) is 6.92 Å².